The van der Waals surface area contributed by atoms with Crippen molar-refractivity contribution in [2.45, 2.75) is 134 Å². The first-order valence-electron chi connectivity index (χ1n) is 19.1. The molecule has 6 nitrogen and oxygen atoms in total. The van der Waals surface area contributed by atoms with Crippen LogP contribution in [0.25, 0.3) is 0 Å². The predicted octanol–water partition coefficient (Wildman–Crippen LogP) is 9.13. The van der Waals surface area contributed by atoms with Gasteiger partial charge in [0.25, 0.3) is 11.8 Å². The number of amides is 2. The van der Waals surface area contributed by atoms with E-state index in [0.29, 0.717) is 48.6 Å². The van der Waals surface area contributed by atoms with Crippen LogP contribution in [0.2, 0.25) is 18.1 Å². The van der Waals surface area contributed by atoms with E-state index in [2.05, 4.69) is 72.0 Å². The zero-order valence-electron chi connectivity index (χ0n) is 31.0. The summed E-state index contributed by atoms with van der Waals surface area (Å²) in [4.78, 5) is 27.4. The van der Waals surface area contributed by atoms with E-state index in [9.17, 15) is 14.7 Å². The van der Waals surface area contributed by atoms with Crippen LogP contribution in [0.1, 0.15) is 125 Å². The van der Waals surface area contributed by atoms with Gasteiger partial charge >= 0.3 is 0 Å². The molecule has 49 heavy (non-hydrogen) atoms. The zero-order chi connectivity index (χ0) is 35.0. The van der Waals surface area contributed by atoms with Gasteiger partial charge in [0.2, 0.25) is 0 Å². The fourth-order valence-corrected chi connectivity index (χ4v) is 12.7. The first-order valence-corrected chi connectivity index (χ1v) is 22.0. The molecule has 0 saturated heterocycles. The van der Waals surface area contributed by atoms with Crippen LogP contribution in [-0.4, -0.2) is 55.0 Å². The van der Waals surface area contributed by atoms with Gasteiger partial charge in [0.1, 0.15) is 5.60 Å². The van der Waals surface area contributed by atoms with E-state index >= 15 is 0 Å². The van der Waals surface area contributed by atoms with E-state index in [0.717, 1.165) is 56.9 Å². The van der Waals surface area contributed by atoms with Crippen LogP contribution in [0.15, 0.2) is 54.6 Å². The van der Waals surface area contributed by atoms with Crippen LogP contribution >= 0.6 is 0 Å². The van der Waals surface area contributed by atoms with Gasteiger partial charge in [-0.2, -0.15) is 0 Å². The van der Waals surface area contributed by atoms with E-state index in [4.69, 9.17) is 9.16 Å². The highest BCUT2D eigenvalue weighted by Crippen LogP contribution is 2.72. The molecule has 4 aliphatic carbocycles. The van der Waals surface area contributed by atoms with Gasteiger partial charge in [-0.05, 0) is 123 Å². The molecule has 0 spiro atoms. The van der Waals surface area contributed by atoms with Gasteiger partial charge in [-0.1, -0.05) is 77.1 Å². The van der Waals surface area contributed by atoms with E-state index in [-0.39, 0.29) is 28.2 Å². The summed E-state index contributed by atoms with van der Waals surface area (Å²) in [5.41, 5.74) is 0.413. The molecule has 1 aliphatic heterocycles. The lowest BCUT2D eigenvalue weighted by molar-refractivity contribution is -0.248. The van der Waals surface area contributed by atoms with Crippen molar-refractivity contribution in [3.05, 3.63) is 71.3 Å². The summed E-state index contributed by atoms with van der Waals surface area (Å²) in [5.74, 6) is 0.951. The van der Waals surface area contributed by atoms with Crippen molar-refractivity contribution in [2.24, 2.45) is 28.6 Å². The fraction of sp³-hybridized carbons (Fsp3) is 0.667. The number of hydrogen-bond donors (Lipinski definition) is 1. The Morgan fingerprint density at radius 2 is 1.49 bits per heavy atom. The molecule has 2 aromatic rings. The fourth-order valence-electron chi connectivity index (χ4n) is 11.3. The molecule has 1 N–H and O–H groups in total. The summed E-state index contributed by atoms with van der Waals surface area (Å²) in [5, 5.41) is 13.4. The Hall–Kier alpha value is -2.32. The number of rotatable bonds is 8. The van der Waals surface area contributed by atoms with Crippen molar-refractivity contribution >= 4 is 20.1 Å². The lowest BCUT2D eigenvalue weighted by atomic mass is 9.42. The molecular formula is C42H59NO5Si. The predicted molar refractivity (Wildman–Crippen MR) is 196 cm³/mol. The molecule has 8 atom stereocenters. The van der Waals surface area contributed by atoms with Gasteiger partial charge < -0.3 is 14.3 Å². The molecule has 266 valence electrons. The van der Waals surface area contributed by atoms with E-state index in [1.807, 2.05) is 6.07 Å². The number of carbonyl (C=O) groups excluding carboxylic acids is 2. The normalized spacial score (nSPS) is 37.4. The maximum absolute atomic E-state index is 13.2. The average Bonchev–Trinajstić information content (AvgIpc) is 3.45. The minimum absolute atomic E-state index is 0.215. The molecule has 3 unspecified atom stereocenters. The molecular weight excluding hydrogens is 627 g/mol. The van der Waals surface area contributed by atoms with Crippen LogP contribution < -0.4 is 0 Å². The molecule has 5 aliphatic rings. The van der Waals surface area contributed by atoms with Gasteiger partial charge in [0, 0.05) is 24.7 Å². The summed E-state index contributed by atoms with van der Waals surface area (Å²) in [6.07, 6.45) is 10.1. The van der Waals surface area contributed by atoms with Crippen molar-refractivity contribution in [3.63, 3.8) is 0 Å². The topological polar surface area (TPSA) is 76.1 Å². The number of fused-ring (bicyclic) bond motifs is 6. The number of aliphatic hydroxyl groups is 1. The average molecular weight is 686 g/mol. The quantitative estimate of drug-likeness (QED) is 0.170. The van der Waals surface area contributed by atoms with Gasteiger partial charge in [0.05, 0.1) is 16.7 Å². The van der Waals surface area contributed by atoms with Crippen molar-refractivity contribution in [1.29, 1.82) is 0 Å². The Morgan fingerprint density at radius 1 is 0.837 bits per heavy atom. The van der Waals surface area contributed by atoms with Crippen molar-refractivity contribution in [1.82, 2.24) is 4.90 Å². The van der Waals surface area contributed by atoms with Crippen molar-refractivity contribution in [2.75, 3.05) is 13.2 Å². The number of carbonyl (C=O) groups is 2. The number of imide groups is 1. The third kappa shape index (κ3) is 5.26. The molecule has 2 amide bonds. The van der Waals surface area contributed by atoms with Crippen LogP contribution in [0.5, 0.6) is 0 Å². The minimum Gasteiger partial charge on any atom is -0.414 e. The van der Waals surface area contributed by atoms with Crippen molar-refractivity contribution < 1.29 is 23.9 Å². The Kier molecular flexibility index (Phi) is 8.69. The summed E-state index contributed by atoms with van der Waals surface area (Å²) in [7, 11) is -1.83. The Balaban J connectivity index is 1.09. The first kappa shape index (κ1) is 35.1. The molecule has 4 fully saturated rings. The first-order chi connectivity index (χ1) is 23.1. The number of nitrogens with zero attached hydrogens (tertiary/aromatic N) is 1. The number of hydrogen-bond acceptors (Lipinski definition) is 5. The Bertz CT molecular complexity index is 1550. The van der Waals surface area contributed by atoms with Gasteiger partial charge in [-0.25, -0.2) is 0 Å². The summed E-state index contributed by atoms with van der Waals surface area (Å²) in [6, 6.07) is 17.6. The van der Waals surface area contributed by atoms with Crippen LogP contribution in [-0.2, 0) is 14.8 Å². The van der Waals surface area contributed by atoms with Gasteiger partial charge in [0.15, 0.2) is 8.32 Å². The molecule has 1 heterocycles. The smallest absolute Gasteiger partial charge is 0.261 e. The largest absolute Gasteiger partial charge is 0.414 e. The van der Waals surface area contributed by atoms with E-state index in [1.165, 1.54) is 11.3 Å². The van der Waals surface area contributed by atoms with Crippen LogP contribution in [0, 0.1) is 28.6 Å². The number of ether oxygens (including phenoxy) is 1. The van der Waals surface area contributed by atoms with Crippen LogP contribution in [0.4, 0.5) is 0 Å². The lowest BCUT2D eigenvalue weighted by Gasteiger charge is -2.65. The minimum atomic E-state index is -1.83. The van der Waals surface area contributed by atoms with Crippen LogP contribution in [0.3, 0.4) is 0 Å². The highest BCUT2D eigenvalue weighted by atomic mass is 28.4. The van der Waals surface area contributed by atoms with Gasteiger partial charge in [-0.3, -0.25) is 14.5 Å². The Morgan fingerprint density at radius 3 is 2.14 bits per heavy atom. The van der Waals surface area contributed by atoms with E-state index in [1.54, 1.807) is 24.3 Å². The molecule has 7 rings (SSSR count). The SMILES string of the molecule is CC(C)(C)[Si](C)(C)OC1CC[C@@]2(C)C(CC[C@@H]3[C@H]2CC[C@]2(C)C(OCCCN4C(=O)c5ccccc5C4=O)(c4ccccc4)CC[C@@]32O)C1. The maximum Gasteiger partial charge on any atom is 0.261 e. The molecule has 4 saturated carbocycles. The standard InChI is InChI=1S/C42H59NO5Si/c1-38(2,3)49(6,7)48-31-20-22-39(4)30(28-31)18-19-35-34(39)21-23-40(5)41(35,46)24-25-42(40,29-14-9-8-10-15-29)47-27-13-26-43-36(44)32-16-11-12-17-33(32)37(43)45/h8-12,14-17,30-31,34-35,46H,13,18-28H2,1-7H3/t30?,31?,34-,35-,39+,40+,41-,42?/m1/s1. The zero-order valence-corrected chi connectivity index (χ0v) is 32.0. The summed E-state index contributed by atoms with van der Waals surface area (Å²) >= 11 is 0. The van der Waals surface area contributed by atoms with Gasteiger partial charge in [-0.15, -0.1) is 0 Å². The molecule has 0 radical (unpaired) electrons. The molecule has 7 heteroatoms. The second kappa shape index (κ2) is 12.1. The highest BCUT2D eigenvalue weighted by Gasteiger charge is 2.73. The molecule has 2 aromatic carbocycles. The van der Waals surface area contributed by atoms with Crippen molar-refractivity contribution in [3.8, 4) is 0 Å². The monoisotopic (exact) mass is 685 g/mol. The summed E-state index contributed by atoms with van der Waals surface area (Å²) in [6.45, 7) is 17.4. The molecule has 0 bridgehead atoms. The lowest BCUT2D eigenvalue weighted by Crippen LogP contribution is -2.65. The third-order valence-electron chi connectivity index (χ3n) is 15.2. The Labute approximate surface area is 295 Å². The number of benzene rings is 2. The third-order valence-corrected chi connectivity index (χ3v) is 19.7. The second-order valence-electron chi connectivity index (χ2n) is 18.3. The maximum atomic E-state index is 13.2. The van der Waals surface area contributed by atoms with E-state index < -0.39 is 24.9 Å². The molecule has 0 aromatic heterocycles. The highest BCUT2D eigenvalue weighted by molar-refractivity contribution is 6.74. The summed E-state index contributed by atoms with van der Waals surface area (Å²) < 4.78 is 14.1. The second-order valence-corrected chi connectivity index (χ2v) is 23.0.